The summed E-state index contributed by atoms with van der Waals surface area (Å²) in [7, 11) is 0. The smallest absolute Gasteiger partial charge is 0.408 e. The number of urea groups is 1. The van der Waals surface area contributed by atoms with E-state index in [1.54, 1.807) is 4.90 Å². The summed E-state index contributed by atoms with van der Waals surface area (Å²) in [5.74, 6) is 0.559. The Morgan fingerprint density at radius 1 is 0.900 bits per heavy atom. The third kappa shape index (κ3) is 7.06. The molecule has 0 bridgehead atoms. The van der Waals surface area contributed by atoms with Crippen LogP contribution in [0.1, 0.15) is 61.8 Å². The van der Waals surface area contributed by atoms with Crippen LogP contribution in [0.15, 0.2) is 72.8 Å². The number of rotatable bonds is 12. The van der Waals surface area contributed by atoms with Crippen LogP contribution in [0.4, 0.5) is 21.0 Å². The highest BCUT2D eigenvalue weighted by atomic mass is 16.5. The molecule has 50 heavy (non-hydrogen) atoms. The van der Waals surface area contributed by atoms with Gasteiger partial charge in [0.1, 0.15) is 18.2 Å². The lowest BCUT2D eigenvalue weighted by molar-refractivity contribution is -0.125. The third-order valence-corrected chi connectivity index (χ3v) is 11.0. The van der Waals surface area contributed by atoms with Crippen molar-refractivity contribution in [2.75, 3.05) is 17.2 Å². The van der Waals surface area contributed by atoms with E-state index in [4.69, 9.17) is 4.74 Å². The van der Waals surface area contributed by atoms with Crippen molar-refractivity contribution in [1.29, 1.82) is 0 Å². The maximum Gasteiger partial charge on any atom is 0.408 e. The Bertz CT molecular complexity index is 1760. The van der Waals surface area contributed by atoms with Crippen LogP contribution in [-0.4, -0.2) is 53.0 Å². The van der Waals surface area contributed by atoms with Crippen molar-refractivity contribution < 1.29 is 23.9 Å². The molecule has 0 aromatic heterocycles. The highest BCUT2D eigenvalue weighted by Crippen LogP contribution is 2.51. The van der Waals surface area contributed by atoms with Crippen LogP contribution in [0, 0.1) is 30.6 Å². The molecular formula is C40H47N5O5. The van der Waals surface area contributed by atoms with Gasteiger partial charge in [0, 0.05) is 30.8 Å². The number of hydrogen-bond donors (Lipinski definition) is 4. The van der Waals surface area contributed by atoms with E-state index in [0.29, 0.717) is 42.6 Å². The molecule has 4 N–H and O–H groups in total. The molecule has 10 heteroatoms. The number of nitrogens with one attached hydrogen (secondary N) is 4. The molecule has 1 heterocycles. The number of carbonyl (C=O) groups is 4. The van der Waals surface area contributed by atoms with Crippen molar-refractivity contribution in [3.63, 3.8) is 0 Å². The summed E-state index contributed by atoms with van der Waals surface area (Å²) in [6.45, 7) is 6.62. The molecule has 10 nitrogen and oxygen atoms in total. The Labute approximate surface area is 293 Å². The average Bonchev–Trinajstić information content (AvgIpc) is 4.04. The van der Waals surface area contributed by atoms with Gasteiger partial charge in [0.25, 0.3) is 5.91 Å². The number of amides is 5. The van der Waals surface area contributed by atoms with Crippen LogP contribution in [0.25, 0.3) is 0 Å². The van der Waals surface area contributed by atoms with E-state index in [0.717, 1.165) is 47.9 Å². The minimum Gasteiger partial charge on any atom is -0.445 e. The molecule has 5 amide bonds. The minimum absolute atomic E-state index is 0.0501. The van der Waals surface area contributed by atoms with Crippen molar-refractivity contribution in [3.8, 4) is 0 Å². The number of ether oxygens (including phenoxy) is 1. The second-order valence-electron chi connectivity index (χ2n) is 15.0. The van der Waals surface area contributed by atoms with Crippen molar-refractivity contribution >= 4 is 35.3 Å². The van der Waals surface area contributed by atoms with Crippen LogP contribution >= 0.6 is 0 Å². The molecule has 3 aromatic carbocycles. The van der Waals surface area contributed by atoms with Gasteiger partial charge in [-0.2, -0.15) is 0 Å². The number of carbonyl (C=O) groups excluding carboxylic acids is 4. The predicted molar refractivity (Wildman–Crippen MR) is 191 cm³/mol. The predicted octanol–water partition coefficient (Wildman–Crippen LogP) is 6.19. The molecule has 262 valence electrons. The molecule has 3 atom stereocenters. The van der Waals surface area contributed by atoms with Gasteiger partial charge in [0.2, 0.25) is 5.91 Å². The van der Waals surface area contributed by atoms with Crippen LogP contribution in [-0.2, 0) is 33.8 Å². The fourth-order valence-corrected chi connectivity index (χ4v) is 7.81. The highest BCUT2D eigenvalue weighted by molar-refractivity contribution is 6.02. The van der Waals surface area contributed by atoms with Gasteiger partial charge in [-0.15, -0.1) is 0 Å². The second kappa shape index (κ2) is 13.8. The zero-order valence-corrected chi connectivity index (χ0v) is 29.0. The molecule has 0 radical (unpaired) electrons. The van der Waals surface area contributed by atoms with Gasteiger partial charge in [-0.05, 0) is 96.7 Å². The topological polar surface area (TPSA) is 129 Å². The molecule has 3 aromatic rings. The van der Waals surface area contributed by atoms with E-state index in [1.165, 1.54) is 0 Å². The molecule has 1 aliphatic heterocycles. The van der Waals surface area contributed by atoms with Crippen LogP contribution in [0.5, 0.6) is 0 Å². The molecule has 3 fully saturated rings. The summed E-state index contributed by atoms with van der Waals surface area (Å²) in [4.78, 5) is 56.6. The Hall–Kier alpha value is -4.86. The summed E-state index contributed by atoms with van der Waals surface area (Å²) >= 11 is 0. The first-order chi connectivity index (χ1) is 24.1. The Balaban J connectivity index is 1.11. The average molecular weight is 678 g/mol. The first kappa shape index (κ1) is 33.6. The Morgan fingerprint density at radius 2 is 1.58 bits per heavy atom. The number of nitrogens with zero attached hydrogens (tertiary/aromatic N) is 1. The van der Waals surface area contributed by atoms with Gasteiger partial charge in [-0.3, -0.25) is 9.59 Å². The lowest BCUT2D eigenvalue weighted by atomic mass is 9.88. The SMILES string of the molecule is Cc1ccccc1NC(=O)C1(N2C[C@@H](C(C)C)NC2=O)Cc2ccc(NC(=O)[C@@H](NC(=O)OCc3ccccc3)C(C3CC3)C3CC3)cc2C1. The van der Waals surface area contributed by atoms with Crippen molar-refractivity contribution in [2.24, 2.45) is 23.7 Å². The summed E-state index contributed by atoms with van der Waals surface area (Å²) < 4.78 is 5.54. The number of anilines is 2. The second-order valence-corrected chi connectivity index (χ2v) is 15.0. The number of fused-ring (bicyclic) bond motifs is 1. The van der Waals surface area contributed by atoms with E-state index in [1.807, 2.05) is 79.7 Å². The number of para-hydroxylation sites is 1. The minimum atomic E-state index is -1.14. The molecule has 3 aliphatic carbocycles. The van der Waals surface area contributed by atoms with Crippen molar-refractivity contribution in [3.05, 3.63) is 95.1 Å². The van der Waals surface area contributed by atoms with Crippen molar-refractivity contribution in [2.45, 2.75) is 83.5 Å². The molecular weight excluding hydrogens is 630 g/mol. The van der Waals surface area contributed by atoms with E-state index < -0.39 is 17.7 Å². The van der Waals surface area contributed by atoms with E-state index in [9.17, 15) is 19.2 Å². The first-order valence-electron chi connectivity index (χ1n) is 18.0. The van der Waals surface area contributed by atoms with Gasteiger partial charge < -0.3 is 30.9 Å². The van der Waals surface area contributed by atoms with Gasteiger partial charge in [0.15, 0.2) is 0 Å². The third-order valence-electron chi connectivity index (χ3n) is 11.0. The number of aryl methyl sites for hydroxylation is 1. The fraction of sp³-hybridized carbons (Fsp3) is 0.450. The van der Waals surface area contributed by atoms with Crippen LogP contribution in [0.2, 0.25) is 0 Å². The normalized spacial score (nSPS) is 21.8. The Morgan fingerprint density at radius 3 is 2.24 bits per heavy atom. The van der Waals surface area contributed by atoms with Gasteiger partial charge in [-0.1, -0.05) is 68.4 Å². The monoisotopic (exact) mass is 677 g/mol. The van der Waals surface area contributed by atoms with E-state index in [2.05, 4.69) is 35.1 Å². The molecule has 7 rings (SSSR count). The zero-order valence-electron chi connectivity index (χ0n) is 29.0. The molecule has 1 saturated heterocycles. The van der Waals surface area contributed by atoms with E-state index in [-0.39, 0.29) is 42.3 Å². The molecule has 2 saturated carbocycles. The molecule has 1 unspecified atom stereocenters. The summed E-state index contributed by atoms with van der Waals surface area (Å²) in [5, 5.41) is 12.3. The van der Waals surface area contributed by atoms with Crippen LogP contribution < -0.4 is 21.3 Å². The number of alkyl carbamates (subject to hydrolysis) is 1. The van der Waals surface area contributed by atoms with Crippen LogP contribution in [0.3, 0.4) is 0 Å². The summed E-state index contributed by atoms with van der Waals surface area (Å²) in [5.41, 5.74) is 3.82. The number of hydrogen-bond acceptors (Lipinski definition) is 5. The standard InChI is InChI=1S/C40H47N5O5/c1-24(2)33-22-45(38(48)43-33)40(37(47)42-32-12-8-7-9-25(32)3)20-29-17-18-31(19-30(29)21-40)41-36(46)35(34(27-13-14-27)28-15-16-28)44-39(49)50-23-26-10-5-4-6-11-26/h4-12,17-19,24,27-28,33-35H,13-16,20-23H2,1-3H3,(H,41,46)(H,42,47)(H,43,48)(H,44,49)/t33-,35-,40?/m0/s1. The fourth-order valence-electron chi connectivity index (χ4n) is 7.81. The lowest BCUT2D eigenvalue weighted by Crippen LogP contribution is -2.59. The van der Waals surface area contributed by atoms with Crippen molar-refractivity contribution in [1.82, 2.24) is 15.5 Å². The van der Waals surface area contributed by atoms with E-state index >= 15 is 0 Å². The summed E-state index contributed by atoms with van der Waals surface area (Å²) in [6, 6.07) is 21.8. The quantitative estimate of drug-likeness (QED) is 0.182. The largest absolute Gasteiger partial charge is 0.445 e. The maximum atomic E-state index is 14.3. The molecule has 4 aliphatic rings. The van der Waals surface area contributed by atoms with Gasteiger partial charge in [-0.25, -0.2) is 9.59 Å². The lowest BCUT2D eigenvalue weighted by Gasteiger charge is -2.37. The molecule has 0 spiro atoms. The first-order valence-corrected chi connectivity index (χ1v) is 18.0. The van der Waals surface area contributed by atoms with Gasteiger partial charge >= 0.3 is 12.1 Å². The zero-order chi connectivity index (χ0) is 35.0. The highest BCUT2D eigenvalue weighted by Gasteiger charge is 2.54. The van der Waals surface area contributed by atoms with Gasteiger partial charge in [0.05, 0.1) is 6.04 Å². The summed E-state index contributed by atoms with van der Waals surface area (Å²) in [6.07, 6.45) is 4.27. The number of benzene rings is 3. The Kier molecular flexibility index (Phi) is 9.28. The maximum absolute atomic E-state index is 14.3.